The Morgan fingerprint density at radius 3 is 2.27 bits per heavy atom. The van der Waals surface area contributed by atoms with E-state index in [1.807, 2.05) is 0 Å². The summed E-state index contributed by atoms with van der Waals surface area (Å²) in [5, 5.41) is 2.58. The molecule has 22 heavy (non-hydrogen) atoms. The number of hydrogen-bond donors (Lipinski definition) is 1. The molecule has 7 heteroatoms. The predicted octanol–water partition coefficient (Wildman–Crippen LogP) is 2.53. The number of carbonyl (C=O) groups is 1. The number of piperidine rings is 1. The van der Waals surface area contributed by atoms with Gasteiger partial charge in [-0.25, -0.2) is 8.42 Å². The molecule has 2 rings (SSSR count). The van der Waals surface area contributed by atoms with Crippen molar-refractivity contribution in [1.29, 1.82) is 0 Å². The van der Waals surface area contributed by atoms with E-state index in [2.05, 4.69) is 19.2 Å². The van der Waals surface area contributed by atoms with E-state index in [1.165, 1.54) is 12.1 Å². The topological polar surface area (TPSA) is 66.5 Å². The van der Waals surface area contributed by atoms with Crippen LogP contribution in [0.3, 0.4) is 0 Å². The van der Waals surface area contributed by atoms with Gasteiger partial charge in [0.2, 0.25) is 15.9 Å². The molecule has 1 N–H and O–H groups in total. The largest absolute Gasteiger partial charge is 0.325 e. The van der Waals surface area contributed by atoms with Crippen LogP contribution in [0.5, 0.6) is 0 Å². The minimum atomic E-state index is -3.48. The van der Waals surface area contributed by atoms with E-state index in [-0.39, 0.29) is 16.7 Å². The number of alkyl halides is 1. The molecule has 0 aliphatic carbocycles. The fraction of sp³-hybridized carbons (Fsp3) is 0.533. The second kappa shape index (κ2) is 6.98. The first-order valence-corrected chi connectivity index (χ1v) is 9.26. The maximum atomic E-state index is 12.7. The average molecular weight is 345 g/mol. The zero-order chi connectivity index (χ0) is 16.3. The van der Waals surface area contributed by atoms with Crippen molar-refractivity contribution in [2.45, 2.75) is 25.2 Å². The molecule has 2 atom stereocenters. The van der Waals surface area contributed by atoms with Gasteiger partial charge in [0.05, 0.1) is 4.90 Å². The van der Waals surface area contributed by atoms with Crippen molar-refractivity contribution in [3.8, 4) is 0 Å². The highest BCUT2D eigenvalue weighted by Crippen LogP contribution is 2.27. The molecule has 1 fully saturated rings. The van der Waals surface area contributed by atoms with Gasteiger partial charge in [0.25, 0.3) is 0 Å². The molecule has 1 aromatic rings. The Morgan fingerprint density at radius 1 is 1.23 bits per heavy atom. The smallest absolute Gasteiger partial charge is 0.243 e. The van der Waals surface area contributed by atoms with Gasteiger partial charge in [-0.15, -0.1) is 11.6 Å². The van der Waals surface area contributed by atoms with E-state index in [9.17, 15) is 13.2 Å². The van der Waals surface area contributed by atoms with Crippen LogP contribution < -0.4 is 5.32 Å². The number of sulfonamides is 1. The third-order valence-electron chi connectivity index (χ3n) is 3.73. The van der Waals surface area contributed by atoms with Crippen molar-refractivity contribution in [2.24, 2.45) is 11.8 Å². The number of rotatable bonds is 4. The normalized spacial score (nSPS) is 23.2. The molecule has 0 spiro atoms. The highest BCUT2D eigenvalue weighted by molar-refractivity contribution is 7.89. The van der Waals surface area contributed by atoms with E-state index < -0.39 is 10.0 Å². The van der Waals surface area contributed by atoms with Crippen LogP contribution in [0.1, 0.15) is 20.3 Å². The van der Waals surface area contributed by atoms with Crippen molar-refractivity contribution in [3.05, 3.63) is 24.3 Å². The highest BCUT2D eigenvalue weighted by Gasteiger charge is 2.31. The highest BCUT2D eigenvalue weighted by atomic mass is 35.5. The molecule has 0 radical (unpaired) electrons. The zero-order valence-electron chi connectivity index (χ0n) is 12.8. The van der Waals surface area contributed by atoms with Gasteiger partial charge in [-0.05, 0) is 42.5 Å². The summed E-state index contributed by atoms with van der Waals surface area (Å²) in [6.45, 7) is 5.25. The molecule has 0 saturated carbocycles. The zero-order valence-corrected chi connectivity index (χ0v) is 14.3. The van der Waals surface area contributed by atoms with E-state index in [0.717, 1.165) is 6.42 Å². The second-order valence-electron chi connectivity index (χ2n) is 5.97. The van der Waals surface area contributed by atoms with Gasteiger partial charge in [-0.2, -0.15) is 4.31 Å². The first kappa shape index (κ1) is 17.2. The SMILES string of the molecule is CC1CC(C)CN(S(=O)(=O)c2ccc(NC(=O)CCl)cc2)C1. The fourth-order valence-corrected chi connectivity index (χ4v) is 4.60. The molecule has 1 heterocycles. The Balaban J connectivity index is 2.17. The Labute approximate surface area is 136 Å². The average Bonchev–Trinajstić information content (AvgIpc) is 2.46. The molecule has 1 aromatic carbocycles. The second-order valence-corrected chi connectivity index (χ2v) is 8.18. The lowest BCUT2D eigenvalue weighted by Gasteiger charge is -2.34. The van der Waals surface area contributed by atoms with Crippen LogP contribution in [-0.4, -0.2) is 37.6 Å². The van der Waals surface area contributed by atoms with Crippen molar-refractivity contribution in [3.63, 3.8) is 0 Å². The molecule has 1 aliphatic rings. The predicted molar refractivity (Wildman–Crippen MR) is 87.5 cm³/mol. The van der Waals surface area contributed by atoms with Gasteiger partial charge in [0.15, 0.2) is 0 Å². The monoisotopic (exact) mass is 344 g/mol. The maximum absolute atomic E-state index is 12.7. The standard InChI is InChI=1S/C15H21ClN2O3S/c1-11-7-12(2)10-18(9-11)22(20,21)14-5-3-13(4-6-14)17-15(19)8-16/h3-6,11-12H,7-10H2,1-2H3,(H,17,19). The quantitative estimate of drug-likeness (QED) is 0.853. The lowest BCUT2D eigenvalue weighted by molar-refractivity contribution is -0.113. The summed E-state index contributed by atoms with van der Waals surface area (Å²) in [5.74, 6) is 0.265. The lowest BCUT2D eigenvalue weighted by atomic mass is 9.94. The molecule has 1 aliphatic heterocycles. The van der Waals surface area contributed by atoms with Crippen LogP contribution in [0.15, 0.2) is 29.2 Å². The number of nitrogens with one attached hydrogen (secondary N) is 1. The third kappa shape index (κ3) is 4.00. The molecular weight excluding hydrogens is 324 g/mol. The number of amides is 1. The summed E-state index contributed by atoms with van der Waals surface area (Å²) in [6.07, 6.45) is 1.05. The Kier molecular flexibility index (Phi) is 5.47. The molecule has 2 unspecified atom stereocenters. The van der Waals surface area contributed by atoms with Gasteiger partial charge in [0.1, 0.15) is 5.88 Å². The van der Waals surface area contributed by atoms with Gasteiger partial charge >= 0.3 is 0 Å². The number of carbonyl (C=O) groups excluding carboxylic acids is 1. The fourth-order valence-electron chi connectivity index (χ4n) is 2.86. The minimum absolute atomic E-state index is 0.135. The van der Waals surface area contributed by atoms with Crippen LogP contribution in [0.2, 0.25) is 0 Å². The van der Waals surface area contributed by atoms with Gasteiger partial charge in [0, 0.05) is 18.8 Å². The van der Waals surface area contributed by atoms with E-state index in [1.54, 1.807) is 16.4 Å². The number of hydrogen-bond acceptors (Lipinski definition) is 3. The number of halogens is 1. The maximum Gasteiger partial charge on any atom is 0.243 e. The summed E-state index contributed by atoms with van der Waals surface area (Å²) >= 11 is 5.42. The number of nitrogens with zero attached hydrogens (tertiary/aromatic N) is 1. The minimum Gasteiger partial charge on any atom is -0.325 e. The summed E-state index contributed by atoms with van der Waals surface area (Å²) in [7, 11) is -3.48. The molecule has 5 nitrogen and oxygen atoms in total. The van der Waals surface area contributed by atoms with Crippen LogP contribution in [0.25, 0.3) is 0 Å². The van der Waals surface area contributed by atoms with Crippen LogP contribution in [-0.2, 0) is 14.8 Å². The first-order valence-electron chi connectivity index (χ1n) is 7.29. The number of benzene rings is 1. The molecule has 1 amide bonds. The van der Waals surface area contributed by atoms with E-state index in [4.69, 9.17) is 11.6 Å². The lowest BCUT2D eigenvalue weighted by Crippen LogP contribution is -2.42. The van der Waals surface area contributed by atoms with Crippen LogP contribution in [0, 0.1) is 11.8 Å². The van der Waals surface area contributed by atoms with E-state index >= 15 is 0 Å². The molecule has 0 aromatic heterocycles. The van der Waals surface area contributed by atoms with Gasteiger partial charge < -0.3 is 5.32 Å². The molecule has 0 bridgehead atoms. The first-order chi connectivity index (χ1) is 10.3. The van der Waals surface area contributed by atoms with Crippen molar-refractivity contribution in [2.75, 3.05) is 24.3 Å². The van der Waals surface area contributed by atoms with Gasteiger partial charge in [-0.1, -0.05) is 13.8 Å². The van der Waals surface area contributed by atoms with Crippen LogP contribution in [0.4, 0.5) is 5.69 Å². The molecular formula is C15H21ClN2O3S. The van der Waals surface area contributed by atoms with Crippen molar-refractivity contribution < 1.29 is 13.2 Å². The van der Waals surface area contributed by atoms with Crippen molar-refractivity contribution in [1.82, 2.24) is 4.31 Å². The van der Waals surface area contributed by atoms with Gasteiger partial charge in [-0.3, -0.25) is 4.79 Å². The summed E-state index contributed by atoms with van der Waals surface area (Å²) < 4.78 is 26.9. The summed E-state index contributed by atoms with van der Waals surface area (Å²) in [5.41, 5.74) is 0.532. The number of anilines is 1. The Bertz CT molecular complexity index is 621. The third-order valence-corrected chi connectivity index (χ3v) is 5.82. The molecule has 1 saturated heterocycles. The summed E-state index contributed by atoms with van der Waals surface area (Å²) in [4.78, 5) is 11.5. The summed E-state index contributed by atoms with van der Waals surface area (Å²) in [6, 6.07) is 6.19. The molecule has 122 valence electrons. The van der Waals surface area contributed by atoms with Crippen molar-refractivity contribution >= 4 is 33.2 Å². The Morgan fingerprint density at radius 2 is 1.77 bits per heavy atom. The Hall–Kier alpha value is -1.11. The van der Waals surface area contributed by atoms with E-state index in [0.29, 0.717) is 30.6 Å². The van der Waals surface area contributed by atoms with Crippen LogP contribution >= 0.6 is 11.6 Å².